The maximum absolute atomic E-state index is 4.20. The first-order valence-corrected chi connectivity index (χ1v) is 4.90. The van der Waals surface area contributed by atoms with Crippen LogP contribution in [0.25, 0.3) is 5.57 Å². The Bertz CT molecular complexity index is 297. The van der Waals surface area contributed by atoms with Crippen LogP contribution < -0.4 is 0 Å². The average molecular weight is 179 g/mol. The number of hydrogen-bond donors (Lipinski definition) is 0. The van der Waals surface area contributed by atoms with Gasteiger partial charge in [-0.05, 0) is 18.9 Å². The van der Waals surface area contributed by atoms with Crippen LogP contribution in [-0.2, 0) is 0 Å². The van der Waals surface area contributed by atoms with Gasteiger partial charge >= 0.3 is 0 Å². The summed E-state index contributed by atoms with van der Waals surface area (Å²) in [4.78, 5) is 5.44. The molecule has 1 aromatic rings. The van der Waals surface area contributed by atoms with Gasteiger partial charge in [0.05, 0.1) is 16.1 Å². The number of aromatic nitrogens is 1. The number of allylic oxidation sites excluding steroid dienone is 3. The third kappa shape index (κ3) is 1.83. The number of nitrogens with zero attached hydrogens (tertiary/aromatic N) is 1. The van der Waals surface area contributed by atoms with E-state index in [0.29, 0.717) is 0 Å². The molecule has 0 spiro atoms. The first kappa shape index (κ1) is 9.20. The first-order valence-electron chi connectivity index (χ1n) is 4.02. The van der Waals surface area contributed by atoms with Crippen LogP contribution in [0.1, 0.15) is 23.9 Å². The van der Waals surface area contributed by atoms with E-state index in [1.165, 1.54) is 10.5 Å². The molecule has 2 heteroatoms. The third-order valence-corrected chi connectivity index (χ3v) is 2.63. The summed E-state index contributed by atoms with van der Waals surface area (Å²) in [6, 6.07) is 0. The van der Waals surface area contributed by atoms with Gasteiger partial charge in [-0.25, -0.2) is 4.98 Å². The minimum atomic E-state index is 1.04. The van der Waals surface area contributed by atoms with E-state index in [1.807, 2.05) is 18.5 Å². The highest BCUT2D eigenvalue weighted by molar-refractivity contribution is 7.11. The molecule has 0 bridgehead atoms. The molecule has 0 amide bonds. The Labute approximate surface area is 77.5 Å². The molecule has 1 rings (SSSR count). The Balaban J connectivity index is 3.02. The van der Waals surface area contributed by atoms with Crippen molar-refractivity contribution in [1.82, 2.24) is 4.98 Å². The lowest BCUT2D eigenvalue weighted by Crippen LogP contribution is -1.79. The number of rotatable bonds is 3. The van der Waals surface area contributed by atoms with Crippen molar-refractivity contribution in [2.24, 2.45) is 0 Å². The molecule has 12 heavy (non-hydrogen) atoms. The monoisotopic (exact) mass is 179 g/mol. The molecule has 0 aliphatic heterocycles. The fourth-order valence-electron chi connectivity index (χ4n) is 1.07. The van der Waals surface area contributed by atoms with Crippen molar-refractivity contribution in [3.8, 4) is 0 Å². The van der Waals surface area contributed by atoms with Crippen LogP contribution in [0.2, 0.25) is 0 Å². The highest BCUT2D eigenvalue weighted by Gasteiger charge is 2.02. The second kappa shape index (κ2) is 4.21. The summed E-state index contributed by atoms with van der Waals surface area (Å²) in [7, 11) is 0. The van der Waals surface area contributed by atoms with Gasteiger partial charge < -0.3 is 0 Å². The normalized spacial score (nSPS) is 11.7. The van der Waals surface area contributed by atoms with E-state index in [4.69, 9.17) is 0 Å². The zero-order valence-corrected chi connectivity index (χ0v) is 8.32. The van der Waals surface area contributed by atoms with Crippen LogP contribution in [0.4, 0.5) is 0 Å². The molecular weight excluding hydrogens is 166 g/mol. The molecular formula is C10H13NS. The van der Waals surface area contributed by atoms with E-state index in [-0.39, 0.29) is 0 Å². The fourth-order valence-corrected chi connectivity index (χ4v) is 1.91. The summed E-state index contributed by atoms with van der Waals surface area (Å²) < 4.78 is 0. The largest absolute Gasteiger partial charge is 0.249 e. The summed E-state index contributed by atoms with van der Waals surface area (Å²) >= 11 is 1.67. The Kier molecular flexibility index (Phi) is 3.23. The molecule has 1 aromatic heterocycles. The minimum Gasteiger partial charge on any atom is -0.249 e. The van der Waals surface area contributed by atoms with E-state index < -0.39 is 0 Å². The molecule has 0 atom stereocenters. The molecule has 0 saturated heterocycles. The summed E-state index contributed by atoms with van der Waals surface area (Å²) in [5.74, 6) is 0. The molecule has 1 nitrogen and oxygen atoms in total. The van der Waals surface area contributed by atoms with Gasteiger partial charge in [0, 0.05) is 0 Å². The van der Waals surface area contributed by atoms with Gasteiger partial charge in [0.15, 0.2) is 0 Å². The van der Waals surface area contributed by atoms with Crippen LogP contribution in [0.3, 0.4) is 0 Å². The predicted octanol–water partition coefficient (Wildman–Crippen LogP) is 3.43. The van der Waals surface area contributed by atoms with E-state index in [2.05, 4.69) is 24.6 Å². The van der Waals surface area contributed by atoms with Gasteiger partial charge in [0.25, 0.3) is 0 Å². The van der Waals surface area contributed by atoms with Crippen LogP contribution in [-0.4, -0.2) is 4.98 Å². The number of aryl methyl sites for hydroxylation is 1. The molecule has 0 saturated carbocycles. The molecule has 0 aliphatic rings. The van der Waals surface area contributed by atoms with Crippen molar-refractivity contribution in [3.63, 3.8) is 0 Å². The maximum atomic E-state index is 4.20. The lowest BCUT2D eigenvalue weighted by Gasteiger charge is -1.97. The molecule has 0 fully saturated rings. The minimum absolute atomic E-state index is 1.04. The molecule has 0 radical (unpaired) electrons. The zero-order chi connectivity index (χ0) is 8.97. The standard InChI is InChI=1S/C10H13NS/c1-4-6-9(5-2)10-8(3)11-7-12-10/h5-7H,2,4H2,1,3H3/b9-6+. The first-order chi connectivity index (χ1) is 5.79. The van der Waals surface area contributed by atoms with E-state index >= 15 is 0 Å². The summed E-state index contributed by atoms with van der Waals surface area (Å²) in [5, 5.41) is 0. The summed E-state index contributed by atoms with van der Waals surface area (Å²) in [6.07, 6.45) is 5.11. The molecule has 0 aliphatic carbocycles. The predicted molar refractivity (Wildman–Crippen MR) is 55.3 cm³/mol. The third-order valence-electron chi connectivity index (χ3n) is 1.65. The van der Waals surface area contributed by atoms with Crippen LogP contribution in [0, 0.1) is 6.92 Å². The lowest BCUT2D eigenvalue weighted by molar-refractivity contribution is 1.22. The van der Waals surface area contributed by atoms with Crippen LogP contribution in [0.15, 0.2) is 24.2 Å². The Morgan fingerprint density at radius 1 is 1.75 bits per heavy atom. The Hall–Kier alpha value is -0.890. The second-order valence-electron chi connectivity index (χ2n) is 2.54. The summed E-state index contributed by atoms with van der Waals surface area (Å²) in [5.41, 5.74) is 4.18. The molecule has 0 N–H and O–H groups in total. The van der Waals surface area contributed by atoms with Crippen LogP contribution >= 0.6 is 11.3 Å². The van der Waals surface area contributed by atoms with Crippen molar-refractivity contribution in [1.29, 1.82) is 0 Å². The maximum Gasteiger partial charge on any atom is 0.0801 e. The van der Waals surface area contributed by atoms with Crippen molar-refractivity contribution in [3.05, 3.63) is 34.8 Å². The smallest absolute Gasteiger partial charge is 0.0801 e. The highest BCUT2D eigenvalue weighted by Crippen LogP contribution is 2.23. The molecule has 64 valence electrons. The molecule has 1 heterocycles. The molecule has 0 unspecified atom stereocenters. The van der Waals surface area contributed by atoms with Gasteiger partial charge in [-0.2, -0.15) is 0 Å². The van der Waals surface area contributed by atoms with E-state index in [9.17, 15) is 0 Å². The zero-order valence-electron chi connectivity index (χ0n) is 7.50. The Morgan fingerprint density at radius 2 is 2.50 bits per heavy atom. The van der Waals surface area contributed by atoms with Crippen LogP contribution in [0.5, 0.6) is 0 Å². The van der Waals surface area contributed by atoms with Gasteiger partial charge in [0.2, 0.25) is 0 Å². The van der Waals surface area contributed by atoms with Crippen molar-refractivity contribution in [2.45, 2.75) is 20.3 Å². The SMILES string of the molecule is C=C/C(=C\CC)c1scnc1C. The van der Waals surface area contributed by atoms with E-state index in [1.54, 1.807) is 11.3 Å². The highest BCUT2D eigenvalue weighted by atomic mass is 32.1. The van der Waals surface area contributed by atoms with Crippen molar-refractivity contribution in [2.75, 3.05) is 0 Å². The number of hydrogen-bond acceptors (Lipinski definition) is 2. The molecule has 0 aromatic carbocycles. The van der Waals surface area contributed by atoms with Gasteiger partial charge in [-0.3, -0.25) is 0 Å². The topological polar surface area (TPSA) is 12.9 Å². The fraction of sp³-hybridized carbons (Fsp3) is 0.300. The Morgan fingerprint density at radius 3 is 2.92 bits per heavy atom. The second-order valence-corrected chi connectivity index (χ2v) is 3.39. The van der Waals surface area contributed by atoms with Gasteiger partial charge in [-0.1, -0.05) is 25.7 Å². The quantitative estimate of drug-likeness (QED) is 0.648. The van der Waals surface area contributed by atoms with E-state index in [0.717, 1.165) is 12.1 Å². The van der Waals surface area contributed by atoms with Crippen molar-refractivity contribution < 1.29 is 0 Å². The van der Waals surface area contributed by atoms with Gasteiger partial charge in [0.1, 0.15) is 0 Å². The van der Waals surface area contributed by atoms with Crippen molar-refractivity contribution >= 4 is 16.9 Å². The summed E-state index contributed by atoms with van der Waals surface area (Å²) in [6.45, 7) is 7.94. The van der Waals surface area contributed by atoms with Gasteiger partial charge in [-0.15, -0.1) is 11.3 Å². The lowest BCUT2D eigenvalue weighted by atomic mass is 10.1. The average Bonchev–Trinajstić information content (AvgIpc) is 2.47. The number of thiazole rings is 1.